The number of carbonyl (C=O) groups excluding carboxylic acids is 1. The first kappa shape index (κ1) is 19.3. The number of benzene rings is 2. The van der Waals surface area contributed by atoms with Crippen molar-refractivity contribution in [1.29, 1.82) is 0 Å². The summed E-state index contributed by atoms with van der Waals surface area (Å²) in [5, 5.41) is 6.15. The molecule has 2 aromatic carbocycles. The number of methoxy groups -OCH3 is 2. The first-order chi connectivity index (χ1) is 14.1. The van der Waals surface area contributed by atoms with E-state index in [9.17, 15) is 4.79 Å². The molecule has 7 heteroatoms. The Hall–Kier alpha value is -3.06. The number of ether oxygens (including phenoxy) is 2. The summed E-state index contributed by atoms with van der Waals surface area (Å²) in [6, 6.07) is 18.6. The number of carbonyl (C=O) groups is 1. The minimum absolute atomic E-state index is 0.226. The first-order valence-corrected chi connectivity index (χ1v) is 9.83. The average Bonchev–Trinajstić information content (AvgIpc) is 3.40. The molecule has 0 aliphatic carbocycles. The number of hydrogen-bond acceptors (Lipinski definition) is 5. The van der Waals surface area contributed by atoms with Gasteiger partial charge in [0.1, 0.15) is 0 Å². The molecule has 1 aromatic heterocycles. The quantitative estimate of drug-likeness (QED) is 0.540. The minimum atomic E-state index is -0.292. The molecule has 0 unspecified atom stereocenters. The molecule has 3 aromatic rings. The van der Waals surface area contributed by atoms with E-state index in [2.05, 4.69) is 21.0 Å². The van der Waals surface area contributed by atoms with Crippen molar-refractivity contribution in [2.45, 2.75) is 12.5 Å². The van der Waals surface area contributed by atoms with Crippen molar-refractivity contribution >= 4 is 27.5 Å². The lowest BCUT2D eigenvalue weighted by Crippen LogP contribution is -2.26. The Balaban J connectivity index is 1.73. The number of hydrogen-bond donors (Lipinski definition) is 0. The van der Waals surface area contributed by atoms with Gasteiger partial charge in [-0.2, -0.15) is 5.10 Å². The van der Waals surface area contributed by atoms with E-state index >= 15 is 0 Å². The normalized spacial score (nSPS) is 15.9. The molecule has 2 heterocycles. The summed E-state index contributed by atoms with van der Waals surface area (Å²) in [5.74, 6) is 1.20. The van der Waals surface area contributed by atoms with Gasteiger partial charge in [-0.25, -0.2) is 5.01 Å². The maximum absolute atomic E-state index is 13.1. The van der Waals surface area contributed by atoms with Crippen LogP contribution in [0.15, 0.2) is 74.9 Å². The zero-order chi connectivity index (χ0) is 20.4. The molecule has 1 atom stereocenters. The lowest BCUT2D eigenvalue weighted by molar-refractivity contribution is 0.0677. The molecular weight excluding hydrogens is 436 g/mol. The maximum atomic E-state index is 13.1. The van der Waals surface area contributed by atoms with Gasteiger partial charge in [0.25, 0.3) is 0 Å². The Morgan fingerprint density at radius 1 is 1.07 bits per heavy atom. The van der Waals surface area contributed by atoms with Crippen LogP contribution in [0.1, 0.15) is 34.1 Å². The summed E-state index contributed by atoms with van der Waals surface area (Å²) in [4.78, 5) is 13.1. The molecule has 6 nitrogen and oxygen atoms in total. The van der Waals surface area contributed by atoms with Crippen molar-refractivity contribution in [3.63, 3.8) is 0 Å². The summed E-state index contributed by atoms with van der Waals surface area (Å²) >= 11 is 3.25. The zero-order valence-electron chi connectivity index (χ0n) is 16.0. The second-order valence-electron chi connectivity index (χ2n) is 6.50. The molecule has 0 bridgehead atoms. The molecule has 4 rings (SSSR count). The molecule has 1 amide bonds. The third kappa shape index (κ3) is 3.78. The monoisotopic (exact) mass is 454 g/mol. The van der Waals surface area contributed by atoms with E-state index in [1.165, 1.54) is 5.01 Å². The fourth-order valence-corrected chi connectivity index (χ4v) is 3.67. The molecule has 29 heavy (non-hydrogen) atoms. The molecule has 1 aliphatic rings. The van der Waals surface area contributed by atoms with E-state index in [4.69, 9.17) is 13.9 Å². The standard InChI is InChI=1S/C22H19BrN2O4/c1-27-18-9-8-15(12-20(18)28-2)16-13-17(14-6-4-3-5-7-14)25(24-16)22(26)19-10-11-21(23)29-19/h3-12,17H,13H2,1-2H3/t17-/m0/s1. The minimum Gasteiger partial charge on any atom is -0.493 e. The summed E-state index contributed by atoms with van der Waals surface area (Å²) in [7, 11) is 3.19. The Morgan fingerprint density at radius 2 is 1.83 bits per heavy atom. The number of nitrogens with zero attached hydrogens (tertiary/aromatic N) is 2. The van der Waals surface area contributed by atoms with Gasteiger partial charge in [0.05, 0.1) is 26.0 Å². The van der Waals surface area contributed by atoms with Gasteiger partial charge in [-0.05, 0) is 51.8 Å². The molecule has 0 fully saturated rings. The number of amides is 1. The van der Waals surface area contributed by atoms with E-state index in [1.54, 1.807) is 26.4 Å². The number of furan rings is 1. The highest BCUT2D eigenvalue weighted by Gasteiger charge is 2.35. The van der Waals surface area contributed by atoms with Crippen molar-refractivity contribution in [1.82, 2.24) is 5.01 Å². The Morgan fingerprint density at radius 3 is 2.48 bits per heavy atom. The van der Waals surface area contributed by atoms with Crippen molar-refractivity contribution in [3.8, 4) is 11.5 Å². The summed E-state index contributed by atoms with van der Waals surface area (Å²) in [5.41, 5.74) is 2.67. The molecule has 1 aliphatic heterocycles. The molecular formula is C22H19BrN2O4. The second kappa shape index (κ2) is 8.13. The van der Waals surface area contributed by atoms with Gasteiger partial charge >= 0.3 is 5.91 Å². The lowest BCUT2D eigenvalue weighted by Gasteiger charge is -2.21. The van der Waals surface area contributed by atoms with Gasteiger partial charge in [0.15, 0.2) is 21.9 Å². The largest absolute Gasteiger partial charge is 0.493 e. The lowest BCUT2D eigenvalue weighted by atomic mass is 9.98. The Kier molecular flexibility index (Phi) is 5.40. The van der Waals surface area contributed by atoms with Crippen LogP contribution in [0.25, 0.3) is 0 Å². The number of hydrazone groups is 1. The fourth-order valence-electron chi connectivity index (χ4n) is 3.36. The van der Waals surface area contributed by atoms with Crippen molar-refractivity contribution in [2.24, 2.45) is 5.10 Å². The van der Waals surface area contributed by atoms with E-state index in [-0.39, 0.29) is 17.7 Å². The van der Waals surface area contributed by atoms with E-state index in [1.807, 2.05) is 48.5 Å². The van der Waals surface area contributed by atoms with Gasteiger partial charge in [0.2, 0.25) is 0 Å². The molecule has 0 radical (unpaired) electrons. The van der Waals surface area contributed by atoms with Crippen LogP contribution < -0.4 is 9.47 Å². The zero-order valence-corrected chi connectivity index (χ0v) is 17.5. The van der Waals surface area contributed by atoms with Gasteiger partial charge in [0, 0.05) is 12.0 Å². The third-order valence-corrected chi connectivity index (χ3v) is 5.23. The second-order valence-corrected chi connectivity index (χ2v) is 7.28. The van der Waals surface area contributed by atoms with E-state index in [0.29, 0.717) is 22.6 Å². The summed E-state index contributed by atoms with van der Waals surface area (Å²) < 4.78 is 16.7. The van der Waals surface area contributed by atoms with Crippen LogP contribution >= 0.6 is 15.9 Å². The van der Waals surface area contributed by atoms with Gasteiger partial charge in [-0.1, -0.05) is 30.3 Å². The maximum Gasteiger partial charge on any atom is 0.310 e. The van der Waals surface area contributed by atoms with E-state index in [0.717, 1.165) is 16.8 Å². The molecule has 148 valence electrons. The third-order valence-electron chi connectivity index (χ3n) is 4.80. The van der Waals surface area contributed by atoms with Crippen LogP contribution in [0.5, 0.6) is 11.5 Å². The van der Waals surface area contributed by atoms with Crippen LogP contribution in [0.2, 0.25) is 0 Å². The summed E-state index contributed by atoms with van der Waals surface area (Å²) in [6.45, 7) is 0. The molecule has 0 N–H and O–H groups in total. The van der Waals surface area contributed by atoms with Gasteiger partial charge in [-0.3, -0.25) is 4.79 Å². The van der Waals surface area contributed by atoms with Crippen molar-refractivity contribution in [3.05, 3.63) is 82.2 Å². The SMILES string of the molecule is COc1ccc(C2=NN(C(=O)c3ccc(Br)o3)[C@H](c3ccccc3)C2)cc1OC. The molecule has 0 saturated heterocycles. The van der Waals surface area contributed by atoms with Crippen molar-refractivity contribution in [2.75, 3.05) is 14.2 Å². The summed E-state index contributed by atoms with van der Waals surface area (Å²) in [6.07, 6.45) is 0.577. The highest BCUT2D eigenvalue weighted by atomic mass is 79.9. The fraction of sp³-hybridized carbons (Fsp3) is 0.182. The highest BCUT2D eigenvalue weighted by Crippen LogP contribution is 2.36. The van der Waals surface area contributed by atoms with Crippen molar-refractivity contribution < 1.29 is 18.7 Å². The average molecular weight is 455 g/mol. The van der Waals surface area contributed by atoms with Crippen LogP contribution in [0.3, 0.4) is 0 Å². The van der Waals surface area contributed by atoms with Crippen LogP contribution in [0, 0.1) is 0 Å². The van der Waals surface area contributed by atoms with Gasteiger partial charge < -0.3 is 13.9 Å². The first-order valence-electron chi connectivity index (χ1n) is 9.04. The number of rotatable bonds is 5. The molecule has 0 saturated carbocycles. The number of halogens is 1. The van der Waals surface area contributed by atoms with Crippen LogP contribution in [-0.4, -0.2) is 30.8 Å². The van der Waals surface area contributed by atoms with Crippen LogP contribution in [0.4, 0.5) is 0 Å². The predicted octanol–water partition coefficient (Wildman–Crippen LogP) is 5.05. The molecule has 0 spiro atoms. The topological polar surface area (TPSA) is 64.3 Å². The Labute approximate surface area is 176 Å². The van der Waals surface area contributed by atoms with Crippen LogP contribution in [-0.2, 0) is 0 Å². The van der Waals surface area contributed by atoms with E-state index < -0.39 is 0 Å². The highest BCUT2D eigenvalue weighted by molar-refractivity contribution is 9.10. The Bertz CT molecular complexity index is 1060. The predicted molar refractivity (Wildman–Crippen MR) is 112 cm³/mol. The smallest absolute Gasteiger partial charge is 0.310 e. The van der Waals surface area contributed by atoms with Gasteiger partial charge in [-0.15, -0.1) is 0 Å².